The minimum Gasteiger partial charge on any atom is -0.302 e. The second-order valence-corrected chi connectivity index (χ2v) is 5.95. The lowest BCUT2D eigenvalue weighted by molar-refractivity contribution is 0.139. The van der Waals surface area contributed by atoms with E-state index in [2.05, 4.69) is 0 Å². The smallest absolute Gasteiger partial charge is 0.302 e. The average Bonchev–Trinajstić information content (AvgIpc) is 2.01. The van der Waals surface area contributed by atoms with Crippen molar-refractivity contribution in [1.29, 1.82) is 0 Å². The summed E-state index contributed by atoms with van der Waals surface area (Å²) in [5.41, 5.74) is 0. The van der Waals surface area contributed by atoms with E-state index in [0.29, 0.717) is 11.8 Å². The first-order valence-electron chi connectivity index (χ1n) is 5.45. The molecular formula is C10H23O4P. The van der Waals surface area contributed by atoms with E-state index in [4.69, 9.17) is 9.05 Å². The van der Waals surface area contributed by atoms with Crippen LogP contribution in [-0.2, 0) is 13.6 Å². The normalized spacial score (nSPS) is 12.7. The van der Waals surface area contributed by atoms with Crippen LogP contribution in [0.3, 0.4) is 0 Å². The van der Waals surface area contributed by atoms with Crippen molar-refractivity contribution in [2.75, 3.05) is 13.2 Å². The van der Waals surface area contributed by atoms with E-state index < -0.39 is 7.82 Å². The molecule has 0 aromatic heterocycles. The molecule has 0 spiro atoms. The minimum absolute atomic E-state index is 0.271. The summed E-state index contributed by atoms with van der Waals surface area (Å²) >= 11 is 0. The maximum atomic E-state index is 11.3. The Morgan fingerprint density at radius 3 is 1.60 bits per heavy atom. The summed E-state index contributed by atoms with van der Waals surface area (Å²) in [6.45, 7) is 8.67. The van der Waals surface area contributed by atoms with Gasteiger partial charge in [0.2, 0.25) is 0 Å². The summed E-state index contributed by atoms with van der Waals surface area (Å²) in [6.07, 6.45) is 1.52. The van der Waals surface area contributed by atoms with E-state index in [1.165, 1.54) is 0 Å². The van der Waals surface area contributed by atoms with Gasteiger partial charge in [-0.1, -0.05) is 27.7 Å². The van der Waals surface area contributed by atoms with Crippen LogP contribution in [-0.4, -0.2) is 18.1 Å². The monoisotopic (exact) mass is 238 g/mol. The van der Waals surface area contributed by atoms with Crippen molar-refractivity contribution in [2.24, 2.45) is 11.8 Å². The SMILES string of the molecule is CC(C)CCOP(=O)(O)OCCC(C)C. The highest BCUT2D eigenvalue weighted by atomic mass is 31.2. The van der Waals surface area contributed by atoms with Crippen LogP contribution in [0, 0.1) is 11.8 Å². The molecule has 0 radical (unpaired) electrons. The Bertz CT molecular complexity index is 186. The Balaban J connectivity index is 3.63. The fourth-order valence-electron chi connectivity index (χ4n) is 0.845. The van der Waals surface area contributed by atoms with Gasteiger partial charge in [-0.25, -0.2) is 4.57 Å². The summed E-state index contributed by atoms with van der Waals surface area (Å²) < 4.78 is 20.9. The predicted molar refractivity (Wildman–Crippen MR) is 60.6 cm³/mol. The van der Waals surface area contributed by atoms with Crippen LogP contribution in [0.1, 0.15) is 40.5 Å². The van der Waals surface area contributed by atoms with Gasteiger partial charge in [0.1, 0.15) is 0 Å². The fourth-order valence-corrected chi connectivity index (χ4v) is 1.59. The largest absolute Gasteiger partial charge is 0.472 e. The van der Waals surface area contributed by atoms with E-state index >= 15 is 0 Å². The van der Waals surface area contributed by atoms with Gasteiger partial charge in [-0.05, 0) is 24.7 Å². The first-order valence-corrected chi connectivity index (χ1v) is 6.95. The molecule has 0 aromatic carbocycles. The molecule has 0 heterocycles. The maximum Gasteiger partial charge on any atom is 0.472 e. The first kappa shape index (κ1) is 15.1. The van der Waals surface area contributed by atoms with E-state index in [0.717, 1.165) is 12.8 Å². The van der Waals surface area contributed by atoms with Gasteiger partial charge in [0.15, 0.2) is 0 Å². The first-order chi connectivity index (χ1) is 6.83. The Morgan fingerprint density at radius 1 is 1.00 bits per heavy atom. The van der Waals surface area contributed by atoms with Crippen molar-refractivity contribution in [3.8, 4) is 0 Å². The number of rotatable bonds is 8. The van der Waals surface area contributed by atoms with Crippen molar-refractivity contribution < 1.29 is 18.5 Å². The lowest BCUT2D eigenvalue weighted by Crippen LogP contribution is -2.02. The molecule has 1 N–H and O–H groups in total. The molecule has 4 nitrogen and oxygen atoms in total. The van der Waals surface area contributed by atoms with Crippen LogP contribution in [0.5, 0.6) is 0 Å². The Hall–Kier alpha value is 0.110. The average molecular weight is 238 g/mol. The molecule has 92 valence electrons. The van der Waals surface area contributed by atoms with Gasteiger partial charge in [-0.2, -0.15) is 0 Å². The van der Waals surface area contributed by atoms with Gasteiger partial charge in [-0.15, -0.1) is 0 Å². The summed E-state index contributed by atoms with van der Waals surface area (Å²) in [5, 5.41) is 0. The summed E-state index contributed by atoms with van der Waals surface area (Å²) in [6, 6.07) is 0. The van der Waals surface area contributed by atoms with Crippen LogP contribution in [0.2, 0.25) is 0 Å². The fraction of sp³-hybridized carbons (Fsp3) is 1.00. The predicted octanol–water partition coefficient (Wildman–Crippen LogP) is 3.21. The van der Waals surface area contributed by atoms with Crippen molar-refractivity contribution in [3.05, 3.63) is 0 Å². The van der Waals surface area contributed by atoms with Gasteiger partial charge in [0, 0.05) is 0 Å². The van der Waals surface area contributed by atoms with Crippen molar-refractivity contribution >= 4 is 7.82 Å². The molecule has 0 saturated heterocycles. The standard InChI is InChI=1S/C10H23O4P/c1-9(2)5-7-13-15(11,12)14-8-6-10(3)4/h9-10H,5-8H2,1-4H3,(H,11,12). The highest BCUT2D eigenvalue weighted by molar-refractivity contribution is 7.47. The minimum atomic E-state index is -3.80. The van der Waals surface area contributed by atoms with Gasteiger partial charge in [0.05, 0.1) is 13.2 Å². The van der Waals surface area contributed by atoms with Gasteiger partial charge in [-0.3, -0.25) is 9.05 Å². The topological polar surface area (TPSA) is 55.8 Å². The zero-order valence-electron chi connectivity index (χ0n) is 10.1. The summed E-state index contributed by atoms with van der Waals surface area (Å²) in [4.78, 5) is 9.25. The zero-order valence-corrected chi connectivity index (χ0v) is 11.0. The summed E-state index contributed by atoms with van der Waals surface area (Å²) in [5.74, 6) is 0.918. The number of hydrogen-bond acceptors (Lipinski definition) is 3. The zero-order chi connectivity index (χ0) is 11.9. The quantitative estimate of drug-likeness (QED) is 0.660. The molecule has 5 heteroatoms. The summed E-state index contributed by atoms with van der Waals surface area (Å²) in [7, 11) is -3.80. The number of phosphoric acid groups is 1. The molecule has 0 atom stereocenters. The van der Waals surface area contributed by atoms with E-state index in [1.807, 2.05) is 27.7 Å². The van der Waals surface area contributed by atoms with Crippen molar-refractivity contribution in [1.82, 2.24) is 0 Å². The van der Waals surface area contributed by atoms with Crippen LogP contribution >= 0.6 is 7.82 Å². The second-order valence-electron chi connectivity index (χ2n) is 4.50. The highest BCUT2D eigenvalue weighted by Crippen LogP contribution is 2.43. The van der Waals surface area contributed by atoms with E-state index in [1.54, 1.807) is 0 Å². The van der Waals surface area contributed by atoms with Crippen LogP contribution in [0.25, 0.3) is 0 Å². The molecule has 0 rings (SSSR count). The molecule has 0 amide bonds. The maximum absolute atomic E-state index is 11.3. The van der Waals surface area contributed by atoms with Crippen LogP contribution in [0.4, 0.5) is 0 Å². The highest BCUT2D eigenvalue weighted by Gasteiger charge is 2.20. The van der Waals surface area contributed by atoms with Gasteiger partial charge in [0.25, 0.3) is 0 Å². The lowest BCUT2D eigenvalue weighted by atomic mass is 10.2. The molecule has 15 heavy (non-hydrogen) atoms. The Morgan fingerprint density at radius 2 is 1.33 bits per heavy atom. The van der Waals surface area contributed by atoms with Crippen LogP contribution in [0.15, 0.2) is 0 Å². The number of hydrogen-bond donors (Lipinski definition) is 1. The van der Waals surface area contributed by atoms with E-state index in [-0.39, 0.29) is 13.2 Å². The van der Waals surface area contributed by atoms with Crippen LogP contribution < -0.4 is 0 Å². The molecule has 0 saturated carbocycles. The Labute approximate surface area is 92.6 Å². The van der Waals surface area contributed by atoms with E-state index in [9.17, 15) is 9.46 Å². The van der Waals surface area contributed by atoms with Gasteiger partial charge >= 0.3 is 7.82 Å². The molecule has 0 aliphatic carbocycles. The van der Waals surface area contributed by atoms with Gasteiger partial charge < -0.3 is 4.89 Å². The molecule has 0 aliphatic heterocycles. The molecule has 0 aliphatic rings. The molecule has 0 aromatic rings. The third-order valence-electron chi connectivity index (χ3n) is 1.90. The third-order valence-corrected chi connectivity index (χ3v) is 2.92. The second kappa shape index (κ2) is 7.39. The molecule has 0 unspecified atom stereocenters. The third kappa shape index (κ3) is 10.4. The van der Waals surface area contributed by atoms with Crippen molar-refractivity contribution in [2.45, 2.75) is 40.5 Å². The lowest BCUT2D eigenvalue weighted by Gasteiger charge is -2.13. The van der Waals surface area contributed by atoms with Crippen molar-refractivity contribution in [3.63, 3.8) is 0 Å². The molecule has 0 fully saturated rings. The molecular weight excluding hydrogens is 215 g/mol. The molecule has 0 bridgehead atoms. The Kier molecular flexibility index (Phi) is 7.45. The number of phosphoric ester groups is 1.